The summed E-state index contributed by atoms with van der Waals surface area (Å²) in [5, 5.41) is 10.6. The fraction of sp³-hybridized carbons (Fsp3) is 0.500. The van der Waals surface area contributed by atoms with Crippen LogP contribution in [0, 0.1) is 0 Å². The zero-order chi connectivity index (χ0) is 17.9. The number of rotatable bonds is 4. The third-order valence-corrected chi connectivity index (χ3v) is 5.32. The van der Waals surface area contributed by atoms with Crippen LogP contribution in [0.4, 0.5) is 4.79 Å². The van der Waals surface area contributed by atoms with Gasteiger partial charge in [-0.2, -0.15) is 5.10 Å². The van der Waals surface area contributed by atoms with Crippen molar-refractivity contribution in [3.63, 3.8) is 0 Å². The average molecular weight is 354 g/mol. The molecule has 0 fully saturated rings. The van der Waals surface area contributed by atoms with Gasteiger partial charge in [-0.25, -0.2) is 4.79 Å². The third-order valence-electron chi connectivity index (χ3n) is 5.32. The van der Waals surface area contributed by atoms with Gasteiger partial charge in [-0.05, 0) is 48.4 Å². The van der Waals surface area contributed by atoms with Gasteiger partial charge in [0.15, 0.2) is 0 Å². The van der Waals surface area contributed by atoms with Gasteiger partial charge in [0.2, 0.25) is 0 Å². The molecule has 0 saturated carbocycles. The Bertz CT molecular complexity index is 799. The number of nitrogens with zero attached hydrogens (tertiary/aromatic N) is 2. The Morgan fingerprint density at radius 3 is 3.08 bits per heavy atom. The first-order valence-corrected chi connectivity index (χ1v) is 9.49. The van der Waals surface area contributed by atoms with Crippen LogP contribution in [-0.2, 0) is 32.4 Å². The van der Waals surface area contributed by atoms with E-state index >= 15 is 0 Å². The highest BCUT2D eigenvalue weighted by Crippen LogP contribution is 2.26. The van der Waals surface area contributed by atoms with E-state index in [1.54, 1.807) is 4.90 Å². The quantitative estimate of drug-likeness (QED) is 0.830. The Kier molecular flexibility index (Phi) is 4.82. The minimum Gasteiger partial charge on any atom is -0.493 e. The number of ether oxygens (including phenoxy) is 1. The minimum absolute atomic E-state index is 0.0767. The number of aromatic nitrogens is 2. The average Bonchev–Trinajstić information content (AvgIpc) is 3.19. The second-order valence-electron chi connectivity index (χ2n) is 7.24. The molecule has 0 spiro atoms. The Balaban J connectivity index is 1.34. The summed E-state index contributed by atoms with van der Waals surface area (Å²) in [6, 6.07) is 6.05. The molecular weight excluding hydrogens is 328 g/mol. The number of aromatic amines is 1. The van der Waals surface area contributed by atoms with Crippen molar-refractivity contribution in [2.24, 2.45) is 0 Å². The first kappa shape index (κ1) is 16.9. The van der Waals surface area contributed by atoms with Crippen LogP contribution < -0.4 is 10.1 Å². The summed E-state index contributed by atoms with van der Waals surface area (Å²) < 4.78 is 5.52. The van der Waals surface area contributed by atoms with E-state index in [2.05, 4.69) is 21.6 Å². The molecule has 2 aliphatic rings. The summed E-state index contributed by atoms with van der Waals surface area (Å²) in [6.45, 7) is 1.81. The lowest BCUT2D eigenvalue weighted by molar-refractivity contribution is 0.206. The Labute approximate surface area is 153 Å². The molecular formula is C20H26N4O2. The standard InChI is InChI=1S/C20H26N4O2/c1-24(13-18-16-5-3-2-4-6-17(16)22-23-18)20(25)21-12-14-7-8-19-15(11-14)9-10-26-19/h7-8,11H,2-6,9-10,12-13H2,1H3,(H,21,25)(H,22,23). The lowest BCUT2D eigenvalue weighted by Crippen LogP contribution is -2.36. The van der Waals surface area contributed by atoms with E-state index in [4.69, 9.17) is 4.74 Å². The van der Waals surface area contributed by atoms with E-state index in [0.29, 0.717) is 13.1 Å². The van der Waals surface area contributed by atoms with E-state index in [0.717, 1.165) is 42.9 Å². The van der Waals surface area contributed by atoms with Gasteiger partial charge >= 0.3 is 6.03 Å². The van der Waals surface area contributed by atoms with E-state index < -0.39 is 0 Å². The zero-order valence-electron chi connectivity index (χ0n) is 15.3. The topological polar surface area (TPSA) is 70.2 Å². The highest BCUT2D eigenvalue weighted by Gasteiger charge is 2.19. The molecule has 0 radical (unpaired) electrons. The van der Waals surface area contributed by atoms with E-state index in [9.17, 15) is 4.79 Å². The summed E-state index contributed by atoms with van der Waals surface area (Å²) in [5.74, 6) is 0.969. The number of carbonyl (C=O) groups excluding carboxylic acids is 1. The van der Waals surface area contributed by atoms with Gasteiger partial charge in [0.25, 0.3) is 0 Å². The van der Waals surface area contributed by atoms with E-state index in [1.807, 2.05) is 19.2 Å². The van der Waals surface area contributed by atoms with Crippen molar-refractivity contribution in [3.8, 4) is 5.75 Å². The number of amides is 2. The third kappa shape index (κ3) is 3.54. The predicted octanol–water partition coefficient (Wildman–Crippen LogP) is 2.96. The van der Waals surface area contributed by atoms with Crippen LogP contribution in [0.3, 0.4) is 0 Å². The van der Waals surface area contributed by atoms with Gasteiger partial charge in [-0.1, -0.05) is 18.6 Å². The van der Waals surface area contributed by atoms with Gasteiger partial charge in [0.1, 0.15) is 5.75 Å². The van der Waals surface area contributed by atoms with Crippen LogP contribution in [0.1, 0.15) is 47.3 Å². The number of urea groups is 1. The highest BCUT2D eigenvalue weighted by atomic mass is 16.5. The number of hydrogen-bond acceptors (Lipinski definition) is 3. The maximum absolute atomic E-state index is 12.5. The first-order chi connectivity index (χ1) is 12.7. The van der Waals surface area contributed by atoms with Gasteiger partial charge < -0.3 is 15.0 Å². The van der Waals surface area contributed by atoms with Crippen LogP contribution in [0.25, 0.3) is 0 Å². The SMILES string of the molecule is CN(Cc1n[nH]c2c1CCCCC2)C(=O)NCc1ccc2c(c1)CCO2. The summed E-state index contributed by atoms with van der Waals surface area (Å²) >= 11 is 0. The van der Waals surface area contributed by atoms with E-state index in [-0.39, 0.29) is 6.03 Å². The first-order valence-electron chi connectivity index (χ1n) is 9.49. The van der Waals surface area contributed by atoms with Crippen LogP contribution in [-0.4, -0.2) is 34.8 Å². The zero-order valence-corrected chi connectivity index (χ0v) is 15.3. The monoisotopic (exact) mass is 354 g/mol. The van der Waals surface area contributed by atoms with Crippen molar-refractivity contribution < 1.29 is 9.53 Å². The van der Waals surface area contributed by atoms with Crippen molar-refractivity contribution >= 4 is 6.03 Å². The van der Waals surface area contributed by atoms with Gasteiger partial charge in [0.05, 0.1) is 18.8 Å². The normalized spacial score (nSPS) is 15.6. The molecule has 2 N–H and O–H groups in total. The van der Waals surface area contributed by atoms with Gasteiger partial charge in [-0.15, -0.1) is 0 Å². The maximum Gasteiger partial charge on any atom is 0.317 e. The summed E-state index contributed by atoms with van der Waals surface area (Å²) in [5.41, 5.74) is 5.91. The molecule has 1 aromatic carbocycles. The van der Waals surface area contributed by atoms with Crippen LogP contribution in [0.15, 0.2) is 18.2 Å². The molecule has 0 saturated heterocycles. The molecule has 0 atom stereocenters. The van der Waals surface area contributed by atoms with Crippen LogP contribution in [0.5, 0.6) is 5.75 Å². The molecule has 4 rings (SSSR count). The largest absolute Gasteiger partial charge is 0.493 e. The number of benzene rings is 1. The Morgan fingerprint density at radius 2 is 2.15 bits per heavy atom. The summed E-state index contributed by atoms with van der Waals surface area (Å²) in [7, 11) is 1.82. The number of aryl methyl sites for hydroxylation is 1. The predicted molar refractivity (Wildman–Crippen MR) is 99.2 cm³/mol. The fourth-order valence-corrected chi connectivity index (χ4v) is 3.82. The fourth-order valence-electron chi connectivity index (χ4n) is 3.82. The molecule has 2 aromatic rings. The Morgan fingerprint density at radius 1 is 1.27 bits per heavy atom. The minimum atomic E-state index is -0.0767. The number of nitrogens with one attached hydrogen (secondary N) is 2. The molecule has 0 unspecified atom stereocenters. The van der Waals surface area contributed by atoms with Crippen molar-refractivity contribution in [3.05, 3.63) is 46.3 Å². The van der Waals surface area contributed by atoms with Crippen molar-refractivity contribution in [1.82, 2.24) is 20.4 Å². The molecule has 1 aliphatic carbocycles. The second kappa shape index (κ2) is 7.40. The number of hydrogen-bond donors (Lipinski definition) is 2. The van der Waals surface area contributed by atoms with E-state index in [1.165, 1.54) is 36.1 Å². The van der Waals surface area contributed by atoms with Crippen molar-refractivity contribution in [2.45, 2.75) is 51.6 Å². The van der Waals surface area contributed by atoms with Gasteiger partial charge in [0, 0.05) is 25.7 Å². The summed E-state index contributed by atoms with van der Waals surface area (Å²) in [4.78, 5) is 14.2. The molecule has 2 heterocycles. The molecule has 6 nitrogen and oxygen atoms in total. The summed E-state index contributed by atoms with van der Waals surface area (Å²) in [6.07, 6.45) is 6.77. The lowest BCUT2D eigenvalue weighted by Gasteiger charge is -2.18. The smallest absolute Gasteiger partial charge is 0.317 e. The van der Waals surface area contributed by atoms with Crippen molar-refractivity contribution in [1.29, 1.82) is 0 Å². The molecule has 6 heteroatoms. The number of carbonyl (C=O) groups is 1. The molecule has 1 aliphatic heterocycles. The van der Waals surface area contributed by atoms with Crippen LogP contribution in [0.2, 0.25) is 0 Å². The molecule has 26 heavy (non-hydrogen) atoms. The molecule has 1 aromatic heterocycles. The maximum atomic E-state index is 12.5. The second-order valence-corrected chi connectivity index (χ2v) is 7.24. The highest BCUT2D eigenvalue weighted by molar-refractivity contribution is 5.73. The number of fused-ring (bicyclic) bond motifs is 2. The Hall–Kier alpha value is -2.50. The lowest BCUT2D eigenvalue weighted by atomic mass is 10.1. The molecule has 2 amide bonds. The van der Waals surface area contributed by atoms with Gasteiger partial charge in [-0.3, -0.25) is 5.10 Å². The molecule has 0 bridgehead atoms. The van der Waals surface area contributed by atoms with Crippen LogP contribution >= 0.6 is 0 Å². The number of H-pyrrole nitrogens is 1. The van der Waals surface area contributed by atoms with Crippen molar-refractivity contribution in [2.75, 3.05) is 13.7 Å². The molecule has 138 valence electrons.